The Kier molecular flexibility index (Phi) is 6.29. The van der Waals surface area contributed by atoms with Crippen molar-refractivity contribution in [2.75, 3.05) is 17.3 Å². The molecule has 2 rings (SSSR count). The lowest BCUT2D eigenvalue weighted by Crippen LogP contribution is -2.16. The van der Waals surface area contributed by atoms with Crippen molar-refractivity contribution in [1.29, 1.82) is 0 Å². The van der Waals surface area contributed by atoms with E-state index < -0.39 is 0 Å². The highest BCUT2D eigenvalue weighted by atomic mass is 32.2. The maximum Gasteiger partial charge on any atom is 0.251 e. The van der Waals surface area contributed by atoms with Gasteiger partial charge in [0.2, 0.25) is 5.91 Å². The molecule has 0 unspecified atom stereocenters. The summed E-state index contributed by atoms with van der Waals surface area (Å²) in [5, 5.41) is 3.35. The maximum atomic E-state index is 12.1. The minimum Gasteiger partial charge on any atom is -0.324 e. The number of anilines is 1. The molecule has 7 heteroatoms. The van der Waals surface area contributed by atoms with E-state index in [0.717, 1.165) is 16.3 Å². The van der Waals surface area contributed by atoms with E-state index in [1.165, 1.54) is 17.8 Å². The predicted molar refractivity (Wildman–Crippen MR) is 96.5 cm³/mol. The zero-order valence-electron chi connectivity index (χ0n) is 13.3. The highest BCUT2D eigenvalue weighted by molar-refractivity contribution is 7.99. The molecule has 1 heterocycles. The van der Waals surface area contributed by atoms with Gasteiger partial charge in [-0.3, -0.25) is 9.59 Å². The Bertz CT molecular complexity index is 744. The second kappa shape index (κ2) is 8.21. The maximum absolute atomic E-state index is 12.1. The largest absolute Gasteiger partial charge is 0.324 e. The van der Waals surface area contributed by atoms with E-state index in [1.54, 1.807) is 11.8 Å². The number of hydrogen-bond donors (Lipinski definition) is 2. The number of para-hydroxylation sites is 1. The van der Waals surface area contributed by atoms with Gasteiger partial charge in [0.1, 0.15) is 0 Å². The van der Waals surface area contributed by atoms with Crippen LogP contribution in [0, 0.1) is 0 Å². The number of benzene rings is 1. The van der Waals surface area contributed by atoms with Crippen molar-refractivity contribution in [1.82, 2.24) is 9.97 Å². The summed E-state index contributed by atoms with van der Waals surface area (Å²) in [5.41, 5.74) is 1.33. The SMILES string of the molecule is CSc1ccccc1NC(=O)CSc1nc(C(C)C)cc(=O)[nH]1. The average molecular weight is 349 g/mol. The van der Waals surface area contributed by atoms with E-state index in [2.05, 4.69) is 15.3 Å². The van der Waals surface area contributed by atoms with Crippen LogP contribution in [0.4, 0.5) is 5.69 Å². The van der Waals surface area contributed by atoms with Crippen molar-refractivity contribution >= 4 is 35.1 Å². The van der Waals surface area contributed by atoms with Crippen LogP contribution in [0.2, 0.25) is 0 Å². The molecule has 23 heavy (non-hydrogen) atoms. The second-order valence-corrected chi connectivity index (χ2v) is 6.98. The van der Waals surface area contributed by atoms with E-state index in [1.807, 2.05) is 44.4 Å². The highest BCUT2D eigenvalue weighted by Crippen LogP contribution is 2.25. The molecular formula is C16H19N3O2S2. The lowest BCUT2D eigenvalue weighted by Gasteiger charge is -2.09. The molecule has 0 radical (unpaired) electrons. The first-order chi connectivity index (χ1) is 11.0. The number of carbonyl (C=O) groups is 1. The molecule has 2 aromatic rings. The van der Waals surface area contributed by atoms with Gasteiger partial charge in [-0.25, -0.2) is 4.98 Å². The number of aromatic nitrogens is 2. The number of hydrogen-bond acceptors (Lipinski definition) is 5. The monoisotopic (exact) mass is 349 g/mol. The summed E-state index contributed by atoms with van der Waals surface area (Å²) < 4.78 is 0. The van der Waals surface area contributed by atoms with Gasteiger partial charge in [-0.05, 0) is 24.3 Å². The van der Waals surface area contributed by atoms with Gasteiger partial charge in [-0.1, -0.05) is 37.7 Å². The number of nitrogens with one attached hydrogen (secondary N) is 2. The standard InChI is InChI=1S/C16H19N3O2S2/c1-10(2)12-8-14(20)19-16(18-12)23-9-15(21)17-11-6-4-5-7-13(11)22-3/h4-8,10H,9H2,1-3H3,(H,17,21)(H,18,19,20). The topological polar surface area (TPSA) is 74.8 Å². The molecule has 0 bridgehead atoms. The van der Waals surface area contributed by atoms with E-state index in [-0.39, 0.29) is 23.1 Å². The third-order valence-corrected chi connectivity index (χ3v) is 4.72. The molecule has 1 amide bonds. The molecule has 5 nitrogen and oxygen atoms in total. The number of thioether (sulfide) groups is 2. The summed E-state index contributed by atoms with van der Waals surface area (Å²) in [6, 6.07) is 9.13. The van der Waals surface area contributed by atoms with Gasteiger partial charge in [0.25, 0.3) is 5.56 Å². The lowest BCUT2D eigenvalue weighted by molar-refractivity contribution is -0.113. The van der Waals surface area contributed by atoms with E-state index in [9.17, 15) is 9.59 Å². The van der Waals surface area contributed by atoms with Crippen LogP contribution >= 0.6 is 23.5 Å². The van der Waals surface area contributed by atoms with Crippen LogP contribution in [-0.4, -0.2) is 27.9 Å². The molecule has 0 fully saturated rings. The van der Waals surface area contributed by atoms with Crippen LogP contribution in [0.15, 0.2) is 45.2 Å². The van der Waals surface area contributed by atoms with Gasteiger partial charge < -0.3 is 10.3 Å². The van der Waals surface area contributed by atoms with Crippen LogP contribution in [0.3, 0.4) is 0 Å². The Hall–Kier alpha value is -1.73. The molecule has 1 aromatic heterocycles. The minimum absolute atomic E-state index is 0.130. The van der Waals surface area contributed by atoms with Crippen molar-refractivity contribution in [2.24, 2.45) is 0 Å². The van der Waals surface area contributed by atoms with Crippen molar-refractivity contribution in [3.05, 3.63) is 46.4 Å². The van der Waals surface area contributed by atoms with Crippen LogP contribution in [0.5, 0.6) is 0 Å². The van der Waals surface area contributed by atoms with Gasteiger partial charge in [-0.2, -0.15) is 0 Å². The molecule has 1 aromatic carbocycles. The highest BCUT2D eigenvalue weighted by Gasteiger charge is 2.10. The van der Waals surface area contributed by atoms with Crippen LogP contribution in [0.1, 0.15) is 25.5 Å². The van der Waals surface area contributed by atoms with Crippen molar-refractivity contribution < 1.29 is 4.79 Å². The first kappa shape index (κ1) is 17.6. The van der Waals surface area contributed by atoms with Gasteiger partial charge in [-0.15, -0.1) is 11.8 Å². The molecule has 0 aliphatic rings. The fourth-order valence-electron chi connectivity index (χ4n) is 1.89. The molecule has 0 saturated carbocycles. The zero-order valence-corrected chi connectivity index (χ0v) is 14.9. The van der Waals surface area contributed by atoms with Crippen molar-refractivity contribution in [2.45, 2.75) is 29.8 Å². The fourth-order valence-corrected chi connectivity index (χ4v) is 3.12. The molecule has 0 spiro atoms. The summed E-state index contributed by atoms with van der Waals surface area (Å²) >= 11 is 2.80. The summed E-state index contributed by atoms with van der Waals surface area (Å²) in [4.78, 5) is 31.8. The summed E-state index contributed by atoms with van der Waals surface area (Å²) in [7, 11) is 0. The summed E-state index contributed by atoms with van der Waals surface area (Å²) in [6.07, 6.45) is 1.96. The van der Waals surface area contributed by atoms with Gasteiger partial charge in [0, 0.05) is 11.0 Å². The zero-order chi connectivity index (χ0) is 16.8. The number of aromatic amines is 1. The van der Waals surface area contributed by atoms with Crippen LogP contribution in [-0.2, 0) is 4.79 Å². The molecule has 122 valence electrons. The Labute approximate surface area is 143 Å². The molecule has 0 aliphatic carbocycles. The van der Waals surface area contributed by atoms with Gasteiger partial charge in [0.15, 0.2) is 5.16 Å². The summed E-state index contributed by atoms with van der Waals surface area (Å²) in [5.74, 6) is 0.223. The summed E-state index contributed by atoms with van der Waals surface area (Å²) in [6.45, 7) is 3.95. The number of amides is 1. The molecule has 0 atom stereocenters. The van der Waals surface area contributed by atoms with E-state index in [4.69, 9.17) is 0 Å². The normalized spacial score (nSPS) is 10.8. The Morgan fingerprint density at radius 2 is 2.09 bits per heavy atom. The molecule has 0 aliphatic heterocycles. The second-order valence-electron chi connectivity index (χ2n) is 5.17. The first-order valence-corrected chi connectivity index (χ1v) is 9.37. The predicted octanol–water partition coefficient (Wildman–Crippen LogP) is 3.35. The molecular weight excluding hydrogens is 330 g/mol. The smallest absolute Gasteiger partial charge is 0.251 e. The van der Waals surface area contributed by atoms with E-state index in [0.29, 0.717) is 5.16 Å². The third kappa shape index (κ3) is 5.14. The van der Waals surface area contributed by atoms with Gasteiger partial charge in [0.05, 0.1) is 17.1 Å². The van der Waals surface area contributed by atoms with E-state index >= 15 is 0 Å². The Morgan fingerprint density at radius 1 is 1.35 bits per heavy atom. The average Bonchev–Trinajstić information content (AvgIpc) is 2.53. The fraction of sp³-hybridized carbons (Fsp3) is 0.312. The van der Waals surface area contributed by atoms with Gasteiger partial charge >= 0.3 is 0 Å². The Morgan fingerprint density at radius 3 is 2.78 bits per heavy atom. The number of carbonyl (C=O) groups excluding carboxylic acids is 1. The first-order valence-electron chi connectivity index (χ1n) is 7.16. The molecule has 2 N–H and O–H groups in total. The van der Waals surface area contributed by atoms with Crippen LogP contribution in [0.25, 0.3) is 0 Å². The lowest BCUT2D eigenvalue weighted by atomic mass is 10.1. The third-order valence-electron chi connectivity index (χ3n) is 3.05. The number of H-pyrrole nitrogens is 1. The minimum atomic E-state index is -0.195. The quantitative estimate of drug-likeness (QED) is 0.618. The van der Waals surface area contributed by atoms with Crippen molar-refractivity contribution in [3.63, 3.8) is 0 Å². The van der Waals surface area contributed by atoms with Crippen LogP contribution < -0.4 is 10.9 Å². The molecule has 0 saturated heterocycles. The Balaban J connectivity index is 2.01. The number of nitrogens with zero attached hydrogens (tertiary/aromatic N) is 1. The van der Waals surface area contributed by atoms with Crippen molar-refractivity contribution in [3.8, 4) is 0 Å². The number of rotatable bonds is 6.